The molecular weight excluding hydrogens is 352 g/mol. The molecule has 2 aromatic carbocycles. The number of anilines is 1. The lowest BCUT2D eigenvalue weighted by atomic mass is 10.1. The van der Waals surface area contributed by atoms with Crippen molar-refractivity contribution < 1.29 is 23.4 Å². The second-order valence-corrected chi connectivity index (χ2v) is 5.81. The topological polar surface area (TPSA) is 103 Å². The number of methoxy groups -OCH3 is 3. The molecule has 0 fully saturated rings. The van der Waals surface area contributed by atoms with Crippen LogP contribution in [-0.4, -0.2) is 32.2 Å². The number of aryl methyl sites for hydroxylation is 1. The molecule has 0 atom stereocenters. The summed E-state index contributed by atoms with van der Waals surface area (Å²) in [5.74, 6) is 0.718. The lowest BCUT2D eigenvalue weighted by Crippen LogP contribution is -2.12. The van der Waals surface area contributed by atoms with Gasteiger partial charge in [0, 0.05) is 24.2 Å². The highest BCUT2D eigenvalue weighted by Crippen LogP contribution is 2.39. The van der Waals surface area contributed by atoms with E-state index in [1.165, 1.54) is 21.3 Å². The number of hydrogen-bond donors (Lipinski definition) is 2. The lowest BCUT2D eigenvalue weighted by Gasteiger charge is -2.14. The Bertz CT molecular complexity index is 995. The van der Waals surface area contributed by atoms with Gasteiger partial charge in [-0.05, 0) is 24.1 Å². The molecule has 8 nitrogen and oxygen atoms in total. The number of carbonyl (C=O) groups excluding carboxylic acids is 1. The molecule has 0 unspecified atom stereocenters. The number of carbonyl (C=O) groups is 1. The summed E-state index contributed by atoms with van der Waals surface area (Å²) in [6.07, 6.45) is 0.781. The number of aromatic amines is 1. The van der Waals surface area contributed by atoms with Crippen LogP contribution in [0.1, 0.15) is 12.0 Å². The van der Waals surface area contributed by atoms with E-state index in [2.05, 4.69) is 10.3 Å². The first-order chi connectivity index (χ1) is 13.0. The standard InChI is InChI=1S/C19H20N2O6/c1-24-15-9-12(10-16(25-2)18(15)26-3)20-17(22)7-5-11-4-6-14-13(8-11)21-19(23)27-14/h4,6,8-10H,5,7H2,1-3H3,(H,20,22)(H,21,23). The molecule has 0 saturated carbocycles. The van der Waals surface area contributed by atoms with Gasteiger partial charge in [-0.3, -0.25) is 9.78 Å². The van der Waals surface area contributed by atoms with Crippen molar-refractivity contribution in [3.05, 3.63) is 46.4 Å². The van der Waals surface area contributed by atoms with Crippen LogP contribution in [0.5, 0.6) is 17.2 Å². The van der Waals surface area contributed by atoms with Gasteiger partial charge in [-0.15, -0.1) is 0 Å². The molecule has 1 aromatic heterocycles. The van der Waals surface area contributed by atoms with Crippen molar-refractivity contribution in [2.45, 2.75) is 12.8 Å². The Morgan fingerprint density at radius 2 is 1.78 bits per heavy atom. The summed E-state index contributed by atoms with van der Waals surface area (Å²) in [5, 5.41) is 2.82. The summed E-state index contributed by atoms with van der Waals surface area (Å²) >= 11 is 0. The van der Waals surface area contributed by atoms with E-state index < -0.39 is 5.76 Å². The second-order valence-electron chi connectivity index (χ2n) is 5.81. The molecule has 3 rings (SSSR count). The van der Waals surface area contributed by atoms with Crippen molar-refractivity contribution in [3.63, 3.8) is 0 Å². The fourth-order valence-corrected chi connectivity index (χ4v) is 2.79. The van der Waals surface area contributed by atoms with E-state index in [-0.39, 0.29) is 12.3 Å². The van der Waals surface area contributed by atoms with Crippen LogP contribution in [0.15, 0.2) is 39.5 Å². The van der Waals surface area contributed by atoms with E-state index in [0.717, 1.165) is 5.56 Å². The minimum absolute atomic E-state index is 0.162. The zero-order chi connectivity index (χ0) is 19.4. The second kappa shape index (κ2) is 7.86. The summed E-state index contributed by atoms with van der Waals surface area (Å²) in [7, 11) is 4.54. The number of oxazole rings is 1. The molecular formula is C19H20N2O6. The van der Waals surface area contributed by atoms with Gasteiger partial charge in [-0.1, -0.05) is 6.07 Å². The third kappa shape index (κ3) is 4.05. The first-order valence-electron chi connectivity index (χ1n) is 8.25. The van der Waals surface area contributed by atoms with Gasteiger partial charge in [0.15, 0.2) is 17.1 Å². The highest BCUT2D eigenvalue weighted by Gasteiger charge is 2.14. The molecule has 3 aromatic rings. The molecule has 0 radical (unpaired) electrons. The van der Waals surface area contributed by atoms with E-state index in [1.54, 1.807) is 24.3 Å². The smallest absolute Gasteiger partial charge is 0.417 e. The van der Waals surface area contributed by atoms with E-state index in [9.17, 15) is 9.59 Å². The van der Waals surface area contributed by atoms with Gasteiger partial charge >= 0.3 is 5.76 Å². The monoisotopic (exact) mass is 372 g/mol. The molecule has 27 heavy (non-hydrogen) atoms. The largest absolute Gasteiger partial charge is 0.493 e. The molecule has 1 amide bonds. The van der Waals surface area contributed by atoms with Gasteiger partial charge < -0.3 is 23.9 Å². The Kier molecular flexibility index (Phi) is 5.35. The summed E-state index contributed by atoms with van der Waals surface area (Å²) in [4.78, 5) is 26.1. The number of H-pyrrole nitrogens is 1. The molecule has 142 valence electrons. The Balaban J connectivity index is 1.68. The summed E-state index contributed by atoms with van der Waals surface area (Å²) < 4.78 is 20.8. The SMILES string of the molecule is COc1cc(NC(=O)CCc2ccc3oc(=O)[nH]c3c2)cc(OC)c1OC. The number of fused-ring (bicyclic) bond motifs is 1. The Hall–Kier alpha value is -3.42. The highest BCUT2D eigenvalue weighted by molar-refractivity contribution is 5.91. The maximum atomic E-state index is 12.3. The number of hydrogen-bond acceptors (Lipinski definition) is 6. The van der Waals surface area contributed by atoms with Crippen LogP contribution in [0.2, 0.25) is 0 Å². The number of ether oxygens (including phenoxy) is 3. The van der Waals surface area contributed by atoms with Crippen LogP contribution in [0.25, 0.3) is 11.1 Å². The van der Waals surface area contributed by atoms with Crippen molar-refractivity contribution in [2.24, 2.45) is 0 Å². The van der Waals surface area contributed by atoms with Gasteiger partial charge in [0.25, 0.3) is 0 Å². The fraction of sp³-hybridized carbons (Fsp3) is 0.263. The summed E-state index contributed by atoms with van der Waals surface area (Å²) in [6, 6.07) is 8.67. The maximum Gasteiger partial charge on any atom is 0.417 e. The van der Waals surface area contributed by atoms with Crippen molar-refractivity contribution in [1.29, 1.82) is 0 Å². The van der Waals surface area contributed by atoms with Crippen molar-refractivity contribution in [1.82, 2.24) is 4.98 Å². The predicted molar refractivity (Wildman–Crippen MR) is 99.9 cm³/mol. The third-order valence-electron chi connectivity index (χ3n) is 4.07. The van der Waals surface area contributed by atoms with Gasteiger partial charge in [0.2, 0.25) is 11.7 Å². The molecule has 1 heterocycles. The van der Waals surface area contributed by atoms with E-state index in [1.807, 2.05) is 6.07 Å². The van der Waals surface area contributed by atoms with Crippen LogP contribution >= 0.6 is 0 Å². The number of nitrogens with one attached hydrogen (secondary N) is 2. The van der Waals surface area contributed by atoms with Crippen LogP contribution in [0, 0.1) is 0 Å². The quantitative estimate of drug-likeness (QED) is 0.661. The Morgan fingerprint density at radius 3 is 2.41 bits per heavy atom. The number of amides is 1. The number of benzene rings is 2. The highest BCUT2D eigenvalue weighted by atomic mass is 16.5. The minimum Gasteiger partial charge on any atom is -0.493 e. The molecule has 0 saturated heterocycles. The predicted octanol–water partition coefficient (Wildman–Crippen LogP) is 2.72. The van der Waals surface area contributed by atoms with E-state index in [4.69, 9.17) is 18.6 Å². The van der Waals surface area contributed by atoms with Crippen LogP contribution < -0.4 is 25.3 Å². The first-order valence-corrected chi connectivity index (χ1v) is 8.25. The molecule has 0 spiro atoms. The molecule has 0 aliphatic heterocycles. The van der Waals surface area contributed by atoms with E-state index >= 15 is 0 Å². The van der Waals surface area contributed by atoms with Crippen LogP contribution in [0.4, 0.5) is 5.69 Å². The zero-order valence-electron chi connectivity index (χ0n) is 15.3. The maximum absolute atomic E-state index is 12.3. The number of aromatic nitrogens is 1. The van der Waals surface area contributed by atoms with Crippen LogP contribution in [-0.2, 0) is 11.2 Å². The summed E-state index contributed by atoms with van der Waals surface area (Å²) in [6.45, 7) is 0. The average molecular weight is 372 g/mol. The zero-order valence-corrected chi connectivity index (χ0v) is 15.3. The fourth-order valence-electron chi connectivity index (χ4n) is 2.79. The first kappa shape index (κ1) is 18.4. The number of rotatable bonds is 7. The molecule has 0 aliphatic carbocycles. The summed E-state index contributed by atoms with van der Waals surface area (Å²) in [5.41, 5.74) is 2.57. The molecule has 0 aliphatic rings. The lowest BCUT2D eigenvalue weighted by molar-refractivity contribution is -0.116. The van der Waals surface area contributed by atoms with Gasteiger partial charge in [0.05, 0.1) is 26.8 Å². The van der Waals surface area contributed by atoms with Gasteiger partial charge in [0.1, 0.15) is 0 Å². The Morgan fingerprint density at radius 1 is 1.07 bits per heavy atom. The minimum atomic E-state index is -0.498. The third-order valence-corrected chi connectivity index (χ3v) is 4.07. The van der Waals surface area contributed by atoms with Crippen molar-refractivity contribution >= 4 is 22.7 Å². The molecule has 0 bridgehead atoms. The normalized spacial score (nSPS) is 10.6. The average Bonchev–Trinajstić information content (AvgIpc) is 3.04. The molecule has 2 N–H and O–H groups in total. The Labute approximate surface area is 155 Å². The van der Waals surface area contributed by atoms with Gasteiger partial charge in [-0.25, -0.2) is 4.79 Å². The molecule has 8 heteroatoms. The van der Waals surface area contributed by atoms with Crippen molar-refractivity contribution in [3.8, 4) is 17.2 Å². The van der Waals surface area contributed by atoms with Crippen molar-refractivity contribution in [2.75, 3.05) is 26.6 Å². The van der Waals surface area contributed by atoms with E-state index in [0.29, 0.717) is 40.5 Å². The van der Waals surface area contributed by atoms with Crippen LogP contribution in [0.3, 0.4) is 0 Å². The van der Waals surface area contributed by atoms with Gasteiger partial charge in [-0.2, -0.15) is 0 Å².